The smallest absolute Gasteiger partial charge is 0.337 e. The number of carboxylic acid groups (broad SMARTS) is 1. The van der Waals surface area contributed by atoms with Gasteiger partial charge in [-0.05, 0) is 6.07 Å². The molecule has 84 valence electrons. The number of aliphatic carboxylic acids is 1. The van der Waals surface area contributed by atoms with Crippen molar-refractivity contribution in [2.45, 2.75) is 6.10 Å². The van der Waals surface area contributed by atoms with E-state index < -0.39 is 12.1 Å². The molecule has 0 radical (unpaired) electrons. The minimum Gasteiger partial charge on any atom is -0.479 e. The van der Waals surface area contributed by atoms with Gasteiger partial charge in [0.05, 0.1) is 18.1 Å². The number of methoxy groups -OCH3 is 1. The standard InChI is InChI=1S/C10H10N2O4/c1-16-10-11-6-4-2-3-5(7(6)12-10)8(13)9(14)15/h2-4,8,13H,1H3,(H,11,12)(H,14,15). The summed E-state index contributed by atoms with van der Waals surface area (Å²) in [4.78, 5) is 17.6. The van der Waals surface area contributed by atoms with E-state index in [1.807, 2.05) is 0 Å². The summed E-state index contributed by atoms with van der Waals surface area (Å²) in [5.74, 6) is -1.31. The summed E-state index contributed by atoms with van der Waals surface area (Å²) in [5, 5.41) is 18.2. The van der Waals surface area contributed by atoms with E-state index in [1.54, 1.807) is 12.1 Å². The third-order valence-electron chi connectivity index (χ3n) is 2.24. The molecule has 0 spiro atoms. The van der Waals surface area contributed by atoms with Crippen LogP contribution in [0.25, 0.3) is 11.0 Å². The van der Waals surface area contributed by atoms with Gasteiger partial charge in [-0.15, -0.1) is 0 Å². The van der Waals surface area contributed by atoms with Crippen LogP contribution in [-0.4, -0.2) is 33.3 Å². The molecule has 2 aromatic rings. The summed E-state index contributed by atoms with van der Waals surface area (Å²) in [6.07, 6.45) is -1.59. The third-order valence-corrected chi connectivity index (χ3v) is 2.24. The molecule has 0 aliphatic heterocycles. The van der Waals surface area contributed by atoms with Crippen molar-refractivity contribution in [1.29, 1.82) is 0 Å². The quantitative estimate of drug-likeness (QED) is 0.710. The molecule has 0 aliphatic rings. The number of ether oxygens (including phenoxy) is 1. The monoisotopic (exact) mass is 222 g/mol. The second kappa shape index (κ2) is 3.82. The Bertz CT molecular complexity index is 535. The van der Waals surface area contributed by atoms with Crippen LogP contribution in [-0.2, 0) is 4.79 Å². The number of nitrogens with zero attached hydrogens (tertiary/aromatic N) is 1. The number of hydrogen-bond acceptors (Lipinski definition) is 4. The number of carboxylic acids is 1. The first-order chi connectivity index (χ1) is 7.63. The van der Waals surface area contributed by atoms with Crippen molar-refractivity contribution >= 4 is 17.0 Å². The van der Waals surface area contributed by atoms with E-state index in [2.05, 4.69) is 9.97 Å². The fourth-order valence-corrected chi connectivity index (χ4v) is 1.48. The van der Waals surface area contributed by atoms with Gasteiger partial charge < -0.3 is 19.9 Å². The number of hydrogen-bond donors (Lipinski definition) is 3. The molecule has 0 saturated carbocycles. The summed E-state index contributed by atoms with van der Waals surface area (Å²) < 4.78 is 4.90. The average molecular weight is 222 g/mol. The second-order valence-corrected chi connectivity index (χ2v) is 3.23. The van der Waals surface area contributed by atoms with Gasteiger partial charge >= 0.3 is 5.97 Å². The fraction of sp³-hybridized carbons (Fsp3) is 0.200. The van der Waals surface area contributed by atoms with Crippen molar-refractivity contribution < 1.29 is 19.7 Å². The summed E-state index contributed by atoms with van der Waals surface area (Å²) in [6, 6.07) is 5.16. The number of para-hydroxylation sites is 1. The molecule has 0 bridgehead atoms. The van der Waals surface area contributed by atoms with Crippen LogP contribution in [0.15, 0.2) is 18.2 Å². The van der Waals surface area contributed by atoms with Gasteiger partial charge in [-0.3, -0.25) is 0 Å². The number of aliphatic hydroxyl groups is 1. The number of aromatic nitrogens is 2. The number of benzene rings is 1. The highest BCUT2D eigenvalue weighted by Gasteiger charge is 2.20. The Morgan fingerprint density at radius 3 is 2.94 bits per heavy atom. The lowest BCUT2D eigenvalue weighted by Gasteiger charge is -2.05. The van der Waals surface area contributed by atoms with E-state index in [4.69, 9.17) is 9.84 Å². The van der Waals surface area contributed by atoms with Crippen molar-refractivity contribution in [3.8, 4) is 6.01 Å². The maximum atomic E-state index is 10.7. The molecule has 0 fully saturated rings. The molecule has 1 aromatic heterocycles. The van der Waals surface area contributed by atoms with Crippen molar-refractivity contribution in [2.75, 3.05) is 7.11 Å². The lowest BCUT2D eigenvalue weighted by molar-refractivity contribution is -0.146. The van der Waals surface area contributed by atoms with E-state index in [0.717, 1.165) is 0 Å². The Morgan fingerprint density at radius 1 is 1.56 bits per heavy atom. The van der Waals surface area contributed by atoms with Crippen LogP contribution in [0.5, 0.6) is 6.01 Å². The van der Waals surface area contributed by atoms with Crippen LogP contribution >= 0.6 is 0 Å². The Balaban J connectivity index is 2.60. The molecule has 6 nitrogen and oxygen atoms in total. The molecule has 1 atom stereocenters. The zero-order chi connectivity index (χ0) is 11.7. The van der Waals surface area contributed by atoms with Gasteiger partial charge in [-0.1, -0.05) is 12.1 Å². The summed E-state index contributed by atoms with van der Waals surface area (Å²) in [5.41, 5.74) is 1.26. The van der Waals surface area contributed by atoms with E-state index in [0.29, 0.717) is 11.0 Å². The summed E-state index contributed by atoms with van der Waals surface area (Å²) >= 11 is 0. The highest BCUT2D eigenvalue weighted by molar-refractivity contribution is 5.85. The highest BCUT2D eigenvalue weighted by atomic mass is 16.5. The molecule has 6 heteroatoms. The van der Waals surface area contributed by atoms with Crippen LogP contribution in [0.1, 0.15) is 11.7 Å². The maximum absolute atomic E-state index is 10.7. The largest absolute Gasteiger partial charge is 0.479 e. The van der Waals surface area contributed by atoms with E-state index in [-0.39, 0.29) is 11.6 Å². The van der Waals surface area contributed by atoms with Crippen LogP contribution in [0, 0.1) is 0 Å². The Kier molecular flexibility index (Phi) is 2.49. The first kappa shape index (κ1) is 10.4. The van der Waals surface area contributed by atoms with Crippen molar-refractivity contribution in [3.05, 3.63) is 23.8 Å². The Hall–Kier alpha value is -2.08. The lowest BCUT2D eigenvalue weighted by atomic mass is 10.1. The van der Waals surface area contributed by atoms with Crippen LogP contribution in [0.2, 0.25) is 0 Å². The molecule has 2 rings (SSSR count). The van der Waals surface area contributed by atoms with Gasteiger partial charge in [0.15, 0.2) is 6.10 Å². The van der Waals surface area contributed by atoms with Crippen molar-refractivity contribution in [3.63, 3.8) is 0 Å². The third kappa shape index (κ3) is 1.59. The fourth-order valence-electron chi connectivity index (χ4n) is 1.48. The number of fused-ring (bicyclic) bond motifs is 1. The van der Waals surface area contributed by atoms with Gasteiger partial charge in [0.1, 0.15) is 0 Å². The minimum atomic E-state index is -1.59. The Labute approximate surface area is 90.5 Å². The summed E-state index contributed by atoms with van der Waals surface area (Å²) in [7, 11) is 1.45. The Morgan fingerprint density at radius 2 is 2.31 bits per heavy atom. The molecule has 1 unspecified atom stereocenters. The van der Waals surface area contributed by atoms with Crippen LogP contribution in [0.3, 0.4) is 0 Å². The first-order valence-corrected chi connectivity index (χ1v) is 4.57. The van der Waals surface area contributed by atoms with Crippen LogP contribution in [0.4, 0.5) is 0 Å². The zero-order valence-corrected chi connectivity index (χ0v) is 8.47. The van der Waals surface area contributed by atoms with E-state index >= 15 is 0 Å². The SMILES string of the molecule is COc1nc2c(C(O)C(=O)O)cccc2[nH]1. The predicted molar refractivity (Wildman–Crippen MR) is 55.2 cm³/mol. The number of carbonyl (C=O) groups is 1. The normalized spacial score (nSPS) is 12.6. The number of aromatic amines is 1. The molecular weight excluding hydrogens is 212 g/mol. The van der Waals surface area contributed by atoms with Gasteiger partial charge in [0.25, 0.3) is 6.01 Å². The first-order valence-electron chi connectivity index (χ1n) is 4.57. The molecular formula is C10H10N2O4. The minimum absolute atomic E-state index is 0.240. The topological polar surface area (TPSA) is 95.4 Å². The number of rotatable bonds is 3. The second-order valence-electron chi connectivity index (χ2n) is 3.23. The number of imidazole rings is 1. The van der Waals surface area contributed by atoms with Gasteiger partial charge in [0, 0.05) is 5.56 Å². The predicted octanol–water partition coefficient (Wildman–Crippen LogP) is 0.690. The zero-order valence-electron chi connectivity index (χ0n) is 8.47. The average Bonchev–Trinajstić information content (AvgIpc) is 2.70. The molecule has 3 N–H and O–H groups in total. The van der Waals surface area contributed by atoms with Gasteiger partial charge in [0.2, 0.25) is 0 Å². The van der Waals surface area contributed by atoms with Crippen molar-refractivity contribution in [2.24, 2.45) is 0 Å². The highest BCUT2D eigenvalue weighted by Crippen LogP contribution is 2.24. The van der Waals surface area contributed by atoms with E-state index in [9.17, 15) is 9.90 Å². The molecule has 0 amide bonds. The summed E-state index contributed by atoms with van der Waals surface area (Å²) in [6.45, 7) is 0. The molecule has 16 heavy (non-hydrogen) atoms. The van der Waals surface area contributed by atoms with E-state index in [1.165, 1.54) is 13.2 Å². The van der Waals surface area contributed by atoms with Gasteiger partial charge in [-0.25, -0.2) is 4.79 Å². The number of H-pyrrole nitrogens is 1. The molecule has 1 heterocycles. The maximum Gasteiger partial charge on any atom is 0.337 e. The van der Waals surface area contributed by atoms with Crippen molar-refractivity contribution in [1.82, 2.24) is 9.97 Å². The lowest BCUT2D eigenvalue weighted by Crippen LogP contribution is -2.10. The number of aliphatic hydroxyl groups excluding tert-OH is 1. The van der Waals surface area contributed by atoms with Crippen LogP contribution < -0.4 is 4.74 Å². The number of nitrogens with one attached hydrogen (secondary N) is 1. The van der Waals surface area contributed by atoms with Gasteiger partial charge in [-0.2, -0.15) is 4.98 Å². The molecule has 1 aromatic carbocycles. The molecule has 0 aliphatic carbocycles. The molecule has 0 saturated heterocycles.